The van der Waals surface area contributed by atoms with Crippen molar-refractivity contribution in [1.29, 1.82) is 0 Å². The Hall–Kier alpha value is -1.87. The molecule has 0 aromatic heterocycles. The molecule has 0 bridgehead atoms. The first-order chi connectivity index (χ1) is 7.59. The molecule has 0 spiro atoms. The van der Waals surface area contributed by atoms with Crippen LogP contribution in [0.15, 0.2) is 0 Å². The summed E-state index contributed by atoms with van der Waals surface area (Å²) in [5.74, 6) is -11.0. The van der Waals surface area contributed by atoms with Gasteiger partial charge in [-0.1, -0.05) is 0 Å². The maximum absolute atomic E-state index is 12.8. The third kappa shape index (κ3) is 2.01. The van der Waals surface area contributed by atoms with Gasteiger partial charge < -0.3 is 0 Å². The highest BCUT2D eigenvalue weighted by atomic mass is 19.4. The van der Waals surface area contributed by atoms with E-state index in [0.29, 0.717) is 0 Å². The lowest BCUT2D eigenvalue weighted by molar-refractivity contribution is -0.391. The van der Waals surface area contributed by atoms with Gasteiger partial charge in [0.15, 0.2) is 17.2 Å². The van der Waals surface area contributed by atoms with Gasteiger partial charge in [0.1, 0.15) is 0 Å². The lowest BCUT2D eigenvalue weighted by Crippen LogP contribution is -2.16. The quantitative estimate of drug-likeness (QED) is 0.257. The van der Waals surface area contributed by atoms with E-state index < -0.39 is 45.6 Å². The summed E-state index contributed by atoms with van der Waals surface area (Å²) in [7, 11) is 0. The van der Waals surface area contributed by atoms with E-state index in [-0.39, 0.29) is 0 Å². The van der Waals surface area contributed by atoms with Gasteiger partial charge in [-0.2, -0.15) is 17.6 Å². The Morgan fingerprint density at radius 2 is 1.29 bits per heavy atom. The Morgan fingerprint density at radius 3 is 1.65 bits per heavy atom. The van der Waals surface area contributed by atoms with E-state index in [1.54, 1.807) is 0 Å². The highest BCUT2D eigenvalue weighted by molar-refractivity contribution is 5.45. The van der Waals surface area contributed by atoms with Gasteiger partial charge in [0.2, 0.25) is 11.6 Å². The average molecular weight is 263 g/mol. The van der Waals surface area contributed by atoms with E-state index in [1.165, 1.54) is 0 Å². The summed E-state index contributed by atoms with van der Waals surface area (Å²) in [6.45, 7) is 0. The number of halogens is 7. The average Bonchev–Trinajstić information content (AvgIpc) is 2.17. The van der Waals surface area contributed by atoms with Crippen LogP contribution in [0.5, 0.6) is 0 Å². The number of rotatable bonds is 1. The molecule has 0 fully saturated rings. The highest BCUT2D eigenvalue weighted by Gasteiger charge is 2.47. The van der Waals surface area contributed by atoms with Gasteiger partial charge in [0.25, 0.3) is 0 Å². The molecule has 0 saturated carbocycles. The minimum Gasteiger partial charge on any atom is -0.258 e. The molecule has 0 heterocycles. The lowest BCUT2D eigenvalue weighted by atomic mass is 10.1. The van der Waals surface area contributed by atoms with Crippen molar-refractivity contribution in [3.05, 3.63) is 38.9 Å². The number of hydrogen-bond acceptors (Lipinski definition) is 2. The minimum absolute atomic E-state index is 1.98. The molecule has 1 rings (SSSR count). The van der Waals surface area contributed by atoms with Gasteiger partial charge in [0, 0.05) is 0 Å². The molecular formula is C7F7NO2. The van der Waals surface area contributed by atoms with Crippen molar-refractivity contribution in [2.75, 3.05) is 0 Å². The summed E-state index contributed by atoms with van der Waals surface area (Å²) in [5.41, 5.74) is -5.28. The normalized spacial score (nSPS) is 11.7. The Kier molecular flexibility index (Phi) is 2.99. The topological polar surface area (TPSA) is 43.1 Å². The van der Waals surface area contributed by atoms with Crippen LogP contribution in [0.3, 0.4) is 0 Å². The minimum atomic E-state index is -5.73. The summed E-state index contributed by atoms with van der Waals surface area (Å²) in [6, 6.07) is 0. The van der Waals surface area contributed by atoms with Crippen LogP contribution in [0.1, 0.15) is 5.56 Å². The molecule has 0 aliphatic carbocycles. The third-order valence-electron chi connectivity index (χ3n) is 1.71. The molecule has 0 saturated heterocycles. The summed E-state index contributed by atoms with van der Waals surface area (Å²) in [5, 5.41) is 10.1. The molecule has 0 aliphatic heterocycles. The second-order valence-electron chi connectivity index (χ2n) is 2.73. The van der Waals surface area contributed by atoms with Crippen molar-refractivity contribution >= 4 is 5.69 Å². The van der Waals surface area contributed by atoms with Crippen molar-refractivity contribution in [3.63, 3.8) is 0 Å². The number of nitrogens with zero attached hydrogens (tertiary/aromatic N) is 1. The van der Waals surface area contributed by atoms with E-state index >= 15 is 0 Å². The number of nitro groups is 1. The van der Waals surface area contributed by atoms with Crippen LogP contribution in [-0.4, -0.2) is 4.92 Å². The molecule has 0 aliphatic rings. The molecule has 1 aromatic rings. The van der Waals surface area contributed by atoms with Gasteiger partial charge in [-0.15, -0.1) is 0 Å². The zero-order valence-electron chi connectivity index (χ0n) is 7.41. The van der Waals surface area contributed by atoms with Crippen LogP contribution in [-0.2, 0) is 6.18 Å². The monoisotopic (exact) mass is 263 g/mol. The largest absolute Gasteiger partial charge is 0.426 e. The maximum atomic E-state index is 12.8. The van der Waals surface area contributed by atoms with Crippen LogP contribution in [0.4, 0.5) is 36.4 Å². The smallest absolute Gasteiger partial charge is 0.258 e. The Balaban J connectivity index is 3.86. The predicted octanol–water partition coefficient (Wildman–Crippen LogP) is 3.17. The van der Waals surface area contributed by atoms with Gasteiger partial charge >= 0.3 is 11.9 Å². The van der Waals surface area contributed by atoms with Crippen molar-refractivity contribution in [1.82, 2.24) is 0 Å². The third-order valence-corrected chi connectivity index (χ3v) is 1.71. The fourth-order valence-corrected chi connectivity index (χ4v) is 1.05. The molecule has 94 valence electrons. The Labute approximate surface area is 87.6 Å². The first-order valence-electron chi connectivity index (χ1n) is 3.66. The molecule has 10 heteroatoms. The number of alkyl halides is 3. The molecule has 0 atom stereocenters. The van der Waals surface area contributed by atoms with E-state index in [1.807, 2.05) is 0 Å². The first kappa shape index (κ1) is 13.2. The number of nitro benzene ring substituents is 1. The predicted molar refractivity (Wildman–Crippen MR) is 37.9 cm³/mol. The number of benzene rings is 1. The molecular weight excluding hydrogens is 263 g/mol. The molecule has 3 nitrogen and oxygen atoms in total. The SMILES string of the molecule is O=[N+]([O-])c1c(F)c(F)c(F)c(F)c1C(F)(F)F. The summed E-state index contributed by atoms with van der Waals surface area (Å²) >= 11 is 0. The second-order valence-corrected chi connectivity index (χ2v) is 2.73. The molecule has 0 radical (unpaired) electrons. The van der Waals surface area contributed by atoms with Crippen LogP contribution in [0.2, 0.25) is 0 Å². The first-order valence-corrected chi connectivity index (χ1v) is 3.66. The van der Waals surface area contributed by atoms with Crippen LogP contribution >= 0.6 is 0 Å². The van der Waals surface area contributed by atoms with Crippen molar-refractivity contribution in [2.45, 2.75) is 6.18 Å². The fraction of sp³-hybridized carbons (Fsp3) is 0.143. The van der Waals surface area contributed by atoms with Crippen LogP contribution in [0, 0.1) is 33.4 Å². The second kappa shape index (κ2) is 3.86. The van der Waals surface area contributed by atoms with Crippen molar-refractivity contribution < 1.29 is 35.7 Å². The fourth-order valence-electron chi connectivity index (χ4n) is 1.05. The summed E-state index contributed by atoms with van der Waals surface area (Å²) in [6.07, 6.45) is -5.73. The Bertz CT molecular complexity index is 496. The van der Waals surface area contributed by atoms with Crippen LogP contribution < -0.4 is 0 Å². The molecule has 1 aromatic carbocycles. The maximum Gasteiger partial charge on any atom is 0.426 e. The lowest BCUT2D eigenvalue weighted by Gasteiger charge is -2.10. The van der Waals surface area contributed by atoms with E-state index in [4.69, 9.17) is 0 Å². The van der Waals surface area contributed by atoms with Gasteiger partial charge in [-0.05, 0) is 0 Å². The highest BCUT2D eigenvalue weighted by Crippen LogP contribution is 2.41. The molecule has 17 heavy (non-hydrogen) atoms. The van der Waals surface area contributed by atoms with E-state index in [9.17, 15) is 40.8 Å². The zero-order valence-corrected chi connectivity index (χ0v) is 7.41. The van der Waals surface area contributed by atoms with Gasteiger partial charge in [0.05, 0.1) is 4.92 Å². The summed E-state index contributed by atoms with van der Waals surface area (Å²) < 4.78 is 87.0. The standard InChI is InChI=1S/C7F7NO2/c8-2-1(7(12,13)14)6(15(16)17)5(11)4(10)3(2)9. The zero-order chi connectivity index (χ0) is 13.5. The molecule has 0 amide bonds. The van der Waals surface area contributed by atoms with Crippen molar-refractivity contribution in [2.24, 2.45) is 0 Å². The molecule has 0 N–H and O–H groups in total. The molecule has 0 unspecified atom stereocenters. The van der Waals surface area contributed by atoms with E-state index in [2.05, 4.69) is 0 Å². The summed E-state index contributed by atoms with van der Waals surface area (Å²) in [4.78, 5) is 8.13. The van der Waals surface area contributed by atoms with Gasteiger partial charge in [-0.25, -0.2) is 13.2 Å². The number of hydrogen-bond donors (Lipinski definition) is 0. The Morgan fingerprint density at radius 1 is 0.882 bits per heavy atom. The van der Waals surface area contributed by atoms with Gasteiger partial charge in [-0.3, -0.25) is 10.1 Å². The van der Waals surface area contributed by atoms with Crippen molar-refractivity contribution in [3.8, 4) is 0 Å². The van der Waals surface area contributed by atoms with Crippen LogP contribution in [0.25, 0.3) is 0 Å². The van der Waals surface area contributed by atoms with E-state index in [0.717, 1.165) is 0 Å².